The fourth-order valence-corrected chi connectivity index (χ4v) is 2.23. The fourth-order valence-electron chi connectivity index (χ4n) is 2.23. The molecule has 1 aliphatic rings. The average Bonchev–Trinajstić information content (AvgIpc) is 2.35. The van der Waals surface area contributed by atoms with Crippen LogP contribution in [0.3, 0.4) is 0 Å². The maximum Gasteiger partial charge on any atom is 0.413 e. The molecular formula is C12H18N3O2+. The molecule has 0 aliphatic carbocycles. The monoisotopic (exact) mass is 236 g/mol. The normalized spacial score (nSPS) is 22.6. The van der Waals surface area contributed by atoms with Crippen LogP contribution in [0.4, 0.5) is 10.6 Å². The number of hydrogen-bond donors (Lipinski definition) is 2. The topological polar surface area (TPSA) is 67.8 Å². The molecular weight excluding hydrogens is 218 g/mol. The number of anilines is 1. The molecule has 1 aliphatic heterocycles. The number of cyclic esters (lactones) is 1. The fraction of sp³-hybridized carbons (Fsp3) is 0.500. The van der Waals surface area contributed by atoms with Crippen molar-refractivity contribution in [2.24, 2.45) is 0 Å². The summed E-state index contributed by atoms with van der Waals surface area (Å²) in [5.74, 6) is 0.627. The first-order chi connectivity index (χ1) is 8.22. The van der Waals surface area contributed by atoms with Gasteiger partial charge in [0.2, 0.25) is 0 Å². The second-order valence-corrected chi connectivity index (χ2v) is 4.21. The smallest absolute Gasteiger partial charge is 0.413 e. The Labute approximate surface area is 101 Å². The maximum absolute atomic E-state index is 11.6. The zero-order valence-electron chi connectivity index (χ0n) is 10.2. The number of fused-ring (bicyclic) bond motifs is 1. The predicted molar refractivity (Wildman–Crippen MR) is 63.6 cm³/mol. The molecule has 0 aromatic carbocycles. The van der Waals surface area contributed by atoms with E-state index < -0.39 is 11.7 Å². The number of nitrogens with zero attached hydrogens (tertiary/aromatic N) is 1. The number of amides is 1. The van der Waals surface area contributed by atoms with E-state index in [4.69, 9.17) is 4.74 Å². The minimum absolute atomic E-state index is 0.408. The minimum Gasteiger partial charge on any atom is -0.437 e. The number of pyridine rings is 1. The summed E-state index contributed by atoms with van der Waals surface area (Å²) < 4.78 is 5.54. The van der Waals surface area contributed by atoms with Gasteiger partial charge in [0.1, 0.15) is 11.4 Å². The first-order valence-electron chi connectivity index (χ1n) is 5.95. The van der Waals surface area contributed by atoms with Gasteiger partial charge in [0.25, 0.3) is 0 Å². The standard InChI is InChI=1S/C12H17N3O2/c1-3-12(6-8-13-2)9-5-4-7-14-10(9)15-11(16)17-12/h4-5,7,13H,3,6,8H2,1-2H3,(H,14,15,16)/p+1. The van der Waals surface area contributed by atoms with E-state index in [0.717, 1.165) is 24.9 Å². The molecule has 0 saturated carbocycles. The van der Waals surface area contributed by atoms with Crippen LogP contribution in [-0.4, -0.2) is 24.7 Å². The van der Waals surface area contributed by atoms with Crippen LogP contribution in [0.5, 0.6) is 0 Å². The molecule has 0 spiro atoms. The molecule has 2 rings (SSSR count). The van der Waals surface area contributed by atoms with Crippen LogP contribution in [-0.2, 0) is 10.3 Å². The van der Waals surface area contributed by atoms with Crippen LogP contribution < -0.4 is 10.6 Å². The third-order valence-electron chi connectivity index (χ3n) is 3.22. The Morgan fingerprint density at radius 2 is 2.41 bits per heavy atom. The van der Waals surface area contributed by atoms with Crippen molar-refractivity contribution in [2.75, 3.05) is 18.9 Å². The van der Waals surface area contributed by atoms with Gasteiger partial charge in [-0.25, -0.2) is 9.78 Å². The Hall–Kier alpha value is -1.62. The molecule has 1 aromatic rings. The summed E-state index contributed by atoms with van der Waals surface area (Å²) in [5.41, 5.74) is 0.447. The molecule has 1 amide bonds. The third-order valence-corrected chi connectivity index (χ3v) is 3.22. The van der Waals surface area contributed by atoms with Crippen LogP contribution in [0.15, 0.2) is 18.3 Å². The molecule has 92 valence electrons. The lowest BCUT2D eigenvalue weighted by Gasteiger charge is -2.36. The Kier molecular flexibility index (Phi) is 3.28. The van der Waals surface area contributed by atoms with E-state index in [-0.39, 0.29) is 0 Å². The van der Waals surface area contributed by atoms with Gasteiger partial charge in [0.15, 0.2) is 0 Å². The molecule has 17 heavy (non-hydrogen) atoms. The van der Waals surface area contributed by atoms with E-state index in [2.05, 4.69) is 15.6 Å². The van der Waals surface area contributed by atoms with E-state index in [1.807, 2.05) is 26.1 Å². The number of rotatable bonds is 4. The number of carbonyl (C=O) groups excluding carboxylic acids is 1. The maximum atomic E-state index is 11.6. The Morgan fingerprint density at radius 3 is 3.12 bits per heavy atom. The number of aromatic nitrogens is 1. The molecule has 2 heterocycles. The number of ether oxygens (including phenoxy) is 1. The molecule has 1 aromatic heterocycles. The first-order valence-corrected chi connectivity index (χ1v) is 5.95. The highest BCUT2D eigenvalue weighted by atomic mass is 16.6. The molecule has 1 unspecified atom stereocenters. The Bertz CT molecular complexity index is 422. The summed E-state index contributed by atoms with van der Waals surface area (Å²) in [6, 6.07) is 3.85. The van der Waals surface area contributed by atoms with Gasteiger partial charge in [0, 0.05) is 18.2 Å². The molecule has 0 radical (unpaired) electrons. The van der Waals surface area contributed by atoms with Gasteiger partial charge in [-0.15, -0.1) is 0 Å². The Balaban J connectivity index is 2.41. The molecule has 1 atom stereocenters. The highest BCUT2D eigenvalue weighted by Crippen LogP contribution is 2.39. The summed E-state index contributed by atoms with van der Waals surface area (Å²) in [4.78, 5) is 15.8. The zero-order chi connectivity index (χ0) is 12.3. The number of hydrogen-bond acceptors (Lipinski definition) is 3. The van der Waals surface area contributed by atoms with Crippen molar-refractivity contribution in [1.82, 2.24) is 4.98 Å². The lowest BCUT2D eigenvalue weighted by molar-refractivity contribution is -0.629. The largest absolute Gasteiger partial charge is 0.437 e. The summed E-state index contributed by atoms with van der Waals surface area (Å²) >= 11 is 0. The van der Waals surface area contributed by atoms with Gasteiger partial charge < -0.3 is 10.1 Å². The lowest BCUT2D eigenvalue weighted by atomic mass is 9.87. The number of nitrogens with one attached hydrogen (secondary N) is 1. The van der Waals surface area contributed by atoms with Crippen LogP contribution in [0.1, 0.15) is 25.3 Å². The van der Waals surface area contributed by atoms with Crippen molar-refractivity contribution in [3.63, 3.8) is 0 Å². The lowest BCUT2D eigenvalue weighted by Crippen LogP contribution is -2.80. The van der Waals surface area contributed by atoms with E-state index in [1.165, 1.54) is 0 Å². The SMILES string of the molecule is CCC1(CC[NH2+]C)OC(=O)Nc2ncccc21. The Morgan fingerprint density at radius 1 is 1.59 bits per heavy atom. The molecule has 0 fully saturated rings. The van der Waals surface area contributed by atoms with Gasteiger partial charge in [-0.1, -0.05) is 6.92 Å². The molecule has 3 N–H and O–H groups in total. The van der Waals surface area contributed by atoms with Crippen LogP contribution in [0.2, 0.25) is 0 Å². The molecule has 5 nitrogen and oxygen atoms in total. The summed E-state index contributed by atoms with van der Waals surface area (Å²) in [6.45, 7) is 2.94. The summed E-state index contributed by atoms with van der Waals surface area (Å²) in [6.07, 6.45) is 2.82. The van der Waals surface area contributed by atoms with Gasteiger partial charge in [-0.05, 0) is 18.6 Å². The van der Waals surface area contributed by atoms with E-state index in [9.17, 15) is 4.79 Å². The minimum atomic E-state index is -0.529. The highest BCUT2D eigenvalue weighted by molar-refractivity contribution is 5.87. The van der Waals surface area contributed by atoms with Gasteiger partial charge in [0.05, 0.1) is 13.6 Å². The molecule has 0 saturated heterocycles. The van der Waals surface area contributed by atoms with E-state index >= 15 is 0 Å². The van der Waals surface area contributed by atoms with Crippen LogP contribution in [0, 0.1) is 0 Å². The van der Waals surface area contributed by atoms with Crippen molar-refractivity contribution in [1.29, 1.82) is 0 Å². The van der Waals surface area contributed by atoms with Crippen molar-refractivity contribution in [3.8, 4) is 0 Å². The first kappa shape index (κ1) is 11.9. The van der Waals surface area contributed by atoms with E-state index in [0.29, 0.717) is 5.82 Å². The van der Waals surface area contributed by atoms with Crippen molar-refractivity contribution < 1.29 is 14.8 Å². The van der Waals surface area contributed by atoms with Gasteiger partial charge in [-0.3, -0.25) is 5.32 Å². The quantitative estimate of drug-likeness (QED) is 0.813. The molecule has 5 heteroatoms. The zero-order valence-corrected chi connectivity index (χ0v) is 10.2. The van der Waals surface area contributed by atoms with Crippen molar-refractivity contribution in [2.45, 2.75) is 25.4 Å². The number of carbonyl (C=O) groups is 1. The predicted octanol–water partition coefficient (Wildman–Crippen LogP) is 0.832. The van der Waals surface area contributed by atoms with E-state index in [1.54, 1.807) is 6.20 Å². The van der Waals surface area contributed by atoms with Crippen LogP contribution in [0.25, 0.3) is 0 Å². The molecule has 0 bridgehead atoms. The van der Waals surface area contributed by atoms with Crippen molar-refractivity contribution >= 4 is 11.9 Å². The van der Waals surface area contributed by atoms with Gasteiger partial charge >= 0.3 is 6.09 Å². The number of quaternary nitrogens is 1. The van der Waals surface area contributed by atoms with Crippen molar-refractivity contribution in [3.05, 3.63) is 23.9 Å². The van der Waals surface area contributed by atoms with Gasteiger partial charge in [-0.2, -0.15) is 0 Å². The summed E-state index contributed by atoms with van der Waals surface area (Å²) in [5, 5.41) is 4.73. The number of nitrogens with two attached hydrogens (primary N) is 1. The van der Waals surface area contributed by atoms with Crippen LogP contribution >= 0.6 is 0 Å². The highest BCUT2D eigenvalue weighted by Gasteiger charge is 2.41. The third kappa shape index (κ3) is 2.10. The summed E-state index contributed by atoms with van der Waals surface area (Å²) in [7, 11) is 2.01. The second-order valence-electron chi connectivity index (χ2n) is 4.21. The second kappa shape index (κ2) is 4.71. The average molecular weight is 236 g/mol.